The van der Waals surface area contributed by atoms with Gasteiger partial charge in [-0.25, -0.2) is 0 Å². The molecule has 1 aromatic rings. The molecule has 2 nitrogen and oxygen atoms in total. The number of Topliss-reactive ketones (excluding diaryl/α,β-unsaturated/α-hetero) is 1. The van der Waals surface area contributed by atoms with E-state index < -0.39 is 0 Å². The van der Waals surface area contributed by atoms with Gasteiger partial charge < -0.3 is 0 Å². The van der Waals surface area contributed by atoms with Crippen LogP contribution in [0.5, 0.6) is 0 Å². The summed E-state index contributed by atoms with van der Waals surface area (Å²) in [7, 11) is 0. The maximum absolute atomic E-state index is 11.2. The van der Waals surface area contributed by atoms with E-state index in [-0.39, 0.29) is 11.7 Å². The van der Waals surface area contributed by atoms with Crippen molar-refractivity contribution in [3.8, 4) is 0 Å². The van der Waals surface area contributed by atoms with Crippen molar-refractivity contribution in [3.63, 3.8) is 0 Å². The Morgan fingerprint density at radius 2 is 2.23 bits per heavy atom. The molecule has 0 N–H and O–H groups in total. The number of ketones is 1. The molecule has 2 heteroatoms. The third kappa shape index (κ3) is 2.38. The number of nitrogens with zero attached hydrogens (tertiary/aromatic N) is 1. The van der Waals surface area contributed by atoms with E-state index in [1.54, 1.807) is 6.92 Å². The number of hydrogen-bond acceptors (Lipinski definition) is 2. The van der Waals surface area contributed by atoms with Gasteiger partial charge in [-0.15, -0.1) is 0 Å². The zero-order valence-corrected chi connectivity index (χ0v) is 8.37. The number of pyridine rings is 1. The second-order valence-corrected chi connectivity index (χ2v) is 3.28. The minimum absolute atomic E-state index is 0.0279. The van der Waals surface area contributed by atoms with Gasteiger partial charge in [-0.3, -0.25) is 9.78 Å². The molecule has 1 unspecified atom stereocenters. The van der Waals surface area contributed by atoms with Gasteiger partial charge in [0.1, 0.15) is 5.78 Å². The molecule has 1 heterocycles. The van der Waals surface area contributed by atoms with Crippen LogP contribution in [0.2, 0.25) is 0 Å². The van der Waals surface area contributed by atoms with Crippen LogP contribution in [0.25, 0.3) is 0 Å². The molecule has 0 saturated heterocycles. The first-order valence-electron chi connectivity index (χ1n) is 4.59. The number of aromatic nitrogens is 1. The van der Waals surface area contributed by atoms with Gasteiger partial charge >= 0.3 is 0 Å². The minimum atomic E-state index is -0.0279. The molecule has 70 valence electrons. The van der Waals surface area contributed by atoms with Gasteiger partial charge in [-0.05, 0) is 32.4 Å². The molecule has 13 heavy (non-hydrogen) atoms. The predicted octanol–water partition coefficient (Wildman–Crippen LogP) is 2.47. The molecule has 0 aliphatic carbocycles. The monoisotopic (exact) mass is 177 g/mol. The van der Waals surface area contributed by atoms with E-state index in [0.717, 1.165) is 17.8 Å². The van der Waals surface area contributed by atoms with Gasteiger partial charge in [0.15, 0.2) is 0 Å². The lowest BCUT2D eigenvalue weighted by atomic mass is 9.97. The summed E-state index contributed by atoms with van der Waals surface area (Å²) in [5.74, 6) is 0.167. The Kier molecular flexibility index (Phi) is 3.18. The van der Waals surface area contributed by atoms with Crippen LogP contribution in [0.15, 0.2) is 18.2 Å². The molecule has 0 aliphatic rings. The Bertz CT molecular complexity index is 307. The summed E-state index contributed by atoms with van der Waals surface area (Å²) in [6.07, 6.45) is 0.825. The lowest BCUT2D eigenvalue weighted by Gasteiger charge is -2.10. The van der Waals surface area contributed by atoms with E-state index in [9.17, 15) is 4.79 Å². The van der Waals surface area contributed by atoms with Crippen LogP contribution in [0.4, 0.5) is 0 Å². The highest BCUT2D eigenvalue weighted by molar-refractivity contribution is 5.82. The van der Waals surface area contributed by atoms with Crippen molar-refractivity contribution in [2.75, 3.05) is 0 Å². The molecule has 0 fully saturated rings. The Labute approximate surface area is 79.0 Å². The molecule has 0 aliphatic heterocycles. The predicted molar refractivity (Wildman–Crippen MR) is 52.7 cm³/mol. The molecule has 1 aromatic heterocycles. The van der Waals surface area contributed by atoms with Crippen molar-refractivity contribution < 1.29 is 4.79 Å². The summed E-state index contributed by atoms with van der Waals surface area (Å²) < 4.78 is 0. The normalized spacial score (nSPS) is 12.5. The molecule has 0 amide bonds. The number of aryl methyl sites for hydroxylation is 1. The largest absolute Gasteiger partial charge is 0.299 e. The smallest absolute Gasteiger partial charge is 0.138 e. The summed E-state index contributed by atoms with van der Waals surface area (Å²) in [6.45, 7) is 5.57. The molecule has 0 radical (unpaired) electrons. The first kappa shape index (κ1) is 9.90. The molecular formula is C11H15NO. The van der Waals surface area contributed by atoms with Crippen LogP contribution >= 0.6 is 0 Å². The second-order valence-electron chi connectivity index (χ2n) is 3.28. The summed E-state index contributed by atoms with van der Waals surface area (Å²) in [6, 6.07) is 5.81. The Balaban J connectivity index is 2.98. The lowest BCUT2D eigenvalue weighted by molar-refractivity contribution is -0.118. The van der Waals surface area contributed by atoms with E-state index in [4.69, 9.17) is 0 Å². The van der Waals surface area contributed by atoms with Gasteiger partial charge in [0.25, 0.3) is 0 Å². The van der Waals surface area contributed by atoms with Crippen LogP contribution in [-0.2, 0) is 4.79 Å². The number of rotatable bonds is 3. The van der Waals surface area contributed by atoms with Gasteiger partial charge in [-0.2, -0.15) is 0 Å². The quantitative estimate of drug-likeness (QED) is 0.710. The number of carbonyl (C=O) groups excluding carboxylic acids is 1. The Morgan fingerprint density at radius 1 is 1.54 bits per heavy atom. The molecule has 0 spiro atoms. The first-order chi connectivity index (χ1) is 6.15. The lowest BCUT2D eigenvalue weighted by Crippen LogP contribution is -2.09. The fraction of sp³-hybridized carbons (Fsp3) is 0.455. The minimum Gasteiger partial charge on any atom is -0.299 e. The van der Waals surface area contributed by atoms with Crippen molar-refractivity contribution in [1.82, 2.24) is 4.98 Å². The highest BCUT2D eigenvalue weighted by Gasteiger charge is 2.15. The molecule has 0 bridgehead atoms. The van der Waals surface area contributed by atoms with Crippen LogP contribution in [0, 0.1) is 6.92 Å². The van der Waals surface area contributed by atoms with Crippen molar-refractivity contribution in [1.29, 1.82) is 0 Å². The third-order valence-electron chi connectivity index (χ3n) is 2.17. The van der Waals surface area contributed by atoms with E-state index in [2.05, 4.69) is 4.98 Å². The summed E-state index contributed by atoms with van der Waals surface area (Å²) in [5.41, 5.74) is 1.87. The van der Waals surface area contributed by atoms with E-state index in [0.29, 0.717) is 0 Å². The third-order valence-corrected chi connectivity index (χ3v) is 2.17. The second kappa shape index (κ2) is 4.17. The van der Waals surface area contributed by atoms with Crippen molar-refractivity contribution in [2.24, 2.45) is 0 Å². The first-order valence-corrected chi connectivity index (χ1v) is 4.59. The van der Waals surface area contributed by atoms with Gasteiger partial charge in [0.2, 0.25) is 0 Å². The molecule has 0 saturated carbocycles. The zero-order valence-electron chi connectivity index (χ0n) is 8.37. The average molecular weight is 177 g/mol. The molecule has 1 atom stereocenters. The highest BCUT2D eigenvalue weighted by Crippen LogP contribution is 2.18. The van der Waals surface area contributed by atoms with Crippen LogP contribution < -0.4 is 0 Å². The van der Waals surface area contributed by atoms with Crippen molar-refractivity contribution >= 4 is 5.78 Å². The highest BCUT2D eigenvalue weighted by atomic mass is 16.1. The molecular weight excluding hydrogens is 162 g/mol. The van der Waals surface area contributed by atoms with Gasteiger partial charge in [-0.1, -0.05) is 13.0 Å². The van der Waals surface area contributed by atoms with Crippen LogP contribution in [0.3, 0.4) is 0 Å². The summed E-state index contributed by atoms with van der Waals surface area (Å²) >= 11 is 0. The molecule has 0 aromatic carbocycles. The average Bonchev–Trinajstić information content (AvgIpc) is 2.04. The van der Waals surface area contributed by atoms with Gasteiger partial charge in [0, 0.05) is 5.69 Å². The summed E-state index contributed by atoms with van der Waals surface area (Å²) in [4.78, 5) is 15.6. The number of carbonyl (C=O) groups is 1. The van der Waals surface area contributed by atoms with Crippen molar-refractivity contribution in [3.05, 3.63) is 29.6 Å². The van der Waals surface area contributed by atoms with E-state index in [1.807, 2.05) is 32.0 Å². The van der Waals surface area contributed by atoms with E-state index >= 15 is 0 Å². The standard InChI is InChI=1S/C11H15NO/c1-4-10(9(3)13)11-7-5-6-8(2)12-11/h5-7,10H,4H2,1-3H3. The molecule has 1 rings (SSSR count). The Morgan fingerprint density at radius 3 is 2.69 bits per heavy atom. The van der Waals surface area contributed by atoms with Gasteiger partial charge in [0.05, 0.1) is 11.6 Å². The van der Waals surface area contributed by atoms with E-state index in [1.165, 1.54) is 0 Å². The maximum atomic E-state index is 11.2. The van der Waals surface area contributed by atoms with Crippen LogP contribution in [0.1, 0.15) is 37.6 Å². The van der Waals surface area contributed by atoms with Crippen LogP contribution in [-0.4, -0.2) is 10.8 Å². The Hall–Kier alpha value is -1.18. The fourth-order valence-electron chi connectivity index (χ4n) is 1.46. The summed E-state index contributed by atoms with van der Waals surface area (Å²) in [5, 5.41) is 0. The zero-order chi connectivity index (χ0) is 9.84. The number of hydrogen-bond donors (Lipinski definition) is 0. The topological polar surface area (TPSA) is 30.0 Å². The maximum Gasteiger partial charge on any atom is 0.138 e. The SMILES string of the molecule is CCC(C(C)=O)c1cccc(C)n1. The van der Waals surface area contributed by atoms with Crippen molar-refractivity contribution in [2.45, 2.75) is 33.1 Å². The fourth-order valence-corrected chi connectivity index (χ4v) is 1.46.